The maximum Gasteiger partial charge on any atom is 0.271 e. The van der Waals surface area contributed by atoms with Crippen LogP contribution in [0.25, 0.3) is 0 Å². The first-order valence-corrected chi connectivity index (χ1v) is 4.08. The van der Waals surface area contributed by atoms with E-state index in [0.29, 0.717) is 16.6 Å². The molecule has 13 heavy (non-hydrogen) atoms. The molecule has 0 saturated carbocycles. The van der Waals surface area contributed by atoms with Crippen molar-refractivity contribution >= 4 is 33.7 Å². The van der Waals surface area contributed by atoms with E-state index < -0.39 is 4.92 Å². The van der Waals surface area contributed by atoms with E-state index in [0.717, 1.165) is 0 Å². The van der Waals surface area contributed by atoms with Crippen LogP contribution in [0.2, 0.25) is 0 Å². The zero-order chi connectivity index (χ0) is 9.84. The lowest BCUT2D eigenvalue weighted by Crippen LogP contribution is -1.96. The van der Waals surface area contributed by atoms with Gasteiger partial charge in [0.05, 0.1) is 10.6 Å². The number of halogens is 1. The molecule has 0 saturated heterocycles. The van der Waals surface area contributed by atoms with Gasteiger partial charge in [-0.05, 0) is 22.0 Å². The number of nitrogens with zero attached hydrogens (tertiary/aromatic N) is 1. The smallest absolute Gasteiger partial charge is 0.271 e. The van der Waals surface area contributed by atoms with Gasteiger partial charge in [0.1, 0.15) is 0 Å². The van der Waals surface area contributed by atoms with Crippen molar-refractivity contribution in [1.82, 2.24) is 0 Å². The molecular weight excluding hydrogens is 240 g/mol. The van der Waals surface area contributed by atoms with Gasteiger partial charge >= 0.3 is 0 Å². The Morgan fingerprint density at radius 1 is 1.54 bits per heavy atom. The zero-order valence-electron chi connectivity index (χ0n) is 6.36. The number of carbonyl (C=O) groups is 1. The van der Waals surface area contributed by atoms with Gasteiger partial charge in [0.15, 0.2) is 0 Å². The van der Waals surface area contributed by atoms with Gasteiger partial charge in [-0.3, -0.25) is 14.9 Å². The highest BCUT2D eigenvalue weighted by atomic mass is 79.9. The Kier molecular flexibility index (Phi) is 2.97. The number of nitrogens with one attached hydrogen (secondary N) is 1. The molecule has 0 atom stereocenters. The molecule has 0 radical (unpaired) electrons. The van der Waals surface area contributed by atoms with Gasteiger partial charge in [-0.1, -0.05) is 0 Å². The third kappa shape index (κ3) is 2.25. The van der Waals surface area contributed by atoms with Gasteiger partial charge in [0, 0.05) is 16.6 Å². The Morgan fingerprint density at radius 2 is 2.23 bits per heavy atom. The van der Waals surface area contributed by atoms with Crippen LogP contribution in [0.4, 0.5) is 11.4 Å². The zero-order valence-corrected chi connectivity index (χ0v) is 7.95. The molecule has 6 heteroatoms. The molecule has 68 valence electrons. The van der Waals surface area contributed by atoms with E-state index in [-0.39, 0.29) is 5.69 Å². The standard InChI is InChI=1S/C7H5BrN2O3/c8-6-2-1-5(10(12)13)3-7(6)9-4-11/h1-4H,(H,9,11). The highest BCUT2D eigenvalue weighted by molar-refractivity contribution is 9.10. The number of rotatable bonds is 3. The van der Waals surface area contributed by atoms with E-state index in [1.165, 1.54) is 18.2 Å². The Labute approximate surface area is 82.0 Å². The molecule has 0 aliphatic heterocycles. The molecule has 1 N–H and O–H groups in total. The maximum absolute atomic E-state index is 10.3. The van der Waals surface area contributed by atoms with Gasteiger partial charge in [-0.25, -0.2) is 0 Å². The van der Waals surface area contributed by atoms with Crippen molar-refractivity contribution in [2.75, 3.05) is 5.32 Å². The summed E-state index contributed by atoms with van der Waals surface area (Å²) >= 11 is 3.14. The van der Waals surface area contributed by atoms with Crippen molar-refractivity contribution in [2.24, 2.45) is 0 Å². The molecule has 0 spiro atoms. The molecule has 1 aromatic carbocycles. The minimum Gasteiger partial charge on any atom is -0.327 e. The summed E-state index contributed by atoms with van der Waals surface area (Å²) < 4.78 is 0.602. The monoisotopic (exact) mass is 244 g/mol. The Morgan fingerprint density at radius 3 is 2.77 bits per heavy atom. The van der Waals surface area contributed by atoms with Crippen molar-refractivity contribution in [1.29, 1.82) is 0 Å². The van der Waals surface area contributed by atoms with Crippen LogP contribution in [0.1, 0.15) is 0 Å². The molecular formula is C7H5BrN2O3. The lowest BCUT2D eigenvalue weighted by Gasteiger charge is -2.00. The van der Waals surface area contributed by atoms with E-state index in [1.54, 1.807) is 0 Å². The lowest BCUT2D eigenvalue weighted by atomic mass is 10.3. The highest BCUT2D eigenvalue weighted by Gasteiger charge is 2.08. The molecule has 0 unspecified atom stereocenters. The topological polar surface area (TPSA) is 72.2 Å². The normalized spacial score (nSPS) is 9.31. The van der Waals surface area contributed by atoms with Crippen molar-refractivity contribution in [3.63, 3.8) is 0 Å². The molecule has 0 aromatic heterocycles. The van der Waals surface area contributed by atoms with Crippen LogP contribution in [0.15, 0.2) is 22.7 Å². The molecule has 1 amide bonds. The summed E-state index contributed by atoms with van der Waals surface area (Å²) in [6, 6.07) is 4.13. The first-order chi connectivity index (χ1) is 6.15. The number of non-ortho nitro benzene ring substituents is 1. The largest absolute Gasteiger partial charge is 0.327 e. The van der Waals surface area contributed by atoms with Crippen LogP contribution in [0.5, 0.6) is 0 Å². The van der Waals surface area contributed by atoms with Crippen LogP contribution >= 0.6 is 15.9 Å². The number of nitro benzene ring substituents is 1. The number of anilines is 1. The fourth-order valence-corrected chi connectivity index (χ4v) is 1.16. The van der Waals surface area contributed by atoms with Gasteiger partial charge in [-0.2, -0.15) is 0 Å². The fraction of sp³-hybridized carbons (Fsp3) is 0. The first-order valence-electron chi connectivity index (χ1n) is 3.29. The Balaban J connectivity index is 3.10. The first kappa shape index (κ1) is 9.66. The number of hydrogen-bond donors (Lipinski definition) is 1. The van der Waals surface area contributed by atoms with E-state index in [9.17, 15) is 14.9 Å². The summed E-state index contributed by atoms with van der Waals surface area (Å²) in [5.41, 5.74) is 0.316. The number of hydrogen-bond acceptors (Lipinski definition) is 3. The van der Waals surface area contributed by atoms with E-state index in [2.05, 4.69) is 21.2 Å². The third-order valence-corrected chi connectivity index (χ3v) is 2.07. The molecule has 0 heterocycles. The fourth-order valence-electron chi connectivity index (χ4n) is 0.801. The SMILES string of the molecule is O=CNc1cc([N+](=O)[O-])ccc1Br. The van der Waals surface area contributed by atoms with E-state index in [1.807, 2.05) is 0 Å². The van der Waals surface area contributed by atoms with Crippen molar-refractivity contribution < 1.29 is 9.72 Å². The third-order valence-electron chi connectivity index (χ3n) is 1.38. The quantitative estimate of drug-likeness (QED) is 0.502. The maximum atomic E-state index is 10.3. The van der Waals surface area contributed by atoms with Crippen molar-refractivity contribution in [3.05, 3.63) is 32.8 Å². The van der Waals surface area contributed by atoms with Crippen molar-refractivity contribution in [2.45, 2.75) is 0 Å². The summed E-state index contributed by atoms with van der Waals surface area (Å²) in [6.07, 6.45) is 0.462. The van der Waals surface area contributed by atoms with Gasteiger partial charge in [0.2, 0.25) is 6.41 Å². The average molecular weight is 245 g/mol. The van der Waals surface area contributed by atoms with Gasteiger partial charge < -0.3 is 5.32 Å². The lowest BCUT2D eigenvalue weighted by molar-refractivity contribution is -0.384. The Hall–Kier alpha value is -1.43. The van der Waals surface area contributed by atoms with E-state index >= 15 is 0 Å². The average Bonchev–Trinajstić information content (AvgIpc) is 2.08. The molecule has 0 aliphatic rings. The summed E-state index contributed by atoms with van der Waals surface area (Å²) in [6.45, 7) is 0. The predicted molar refractivity (Wildman–Crippen MR) is 50.5 cm³/mol. The summed E-state index contributed by atoms with van der Waals surface area (Å²) in [7, 11) is 0. The number of nitro groups is 1. The minimum atomic E-state index is -0.525. The van der Waals surface area contributed by atoms with Crippen LogP contribution in [-0.4, -0.2) is 11.3 Å². The van der Waals surface area contributed by atoms with Crippen LogP contribution in [0.3, 0.4) is 0 Å². The molecule has 5 nitrogen and oxygen atoms in total. The molecule has 0 fully saturated rings. The second kappa shape index (κ2) is 3.99. The predicted octanol–water partition coefficient (Wildman–Crippen LogP) is 1.93. The van der Waals surface area contributed by atoms with Crippen LogP contribution < -0.4 is 5.32 Å². The minimum absolute atomic E-state index is 0.0625. The summed E-state index contributed by atoms with van der Waals surface area (Å²) in [5.74, 6) is 0. The molecule has 1 aromatic rings. The summed E-state index contributed by atoms with van der Waals surface area (Å²) in [5, 5.41) is 12.7. The van der Waals surface area contributed by atoms with Gasteiger partial charge in [-0.15, -0.1) is 0 Å². The number of benzene rings is 1. The number of amides is 1. The second-order valence-electron chi connectivity index (χ2n) is 2.18. The van der Waals surface area contributed by atoms with Crippen molar-refractivity contribution in [3.8, 4) is 0 Å². The number of carbonyl (C=O) groups excluding carboxylic acids is 1. The highest BCUT2D eigenvalue weighted by Crippen LogP contribution is 2.26. The van der Waals surface area contributed by atoms with Crippen LogP contribution in [-0.2, 0) is 4.79 Å². The summed E-state index contributed by atoms with van der Waals surface area (Å²) in [4.78, 5) is 19.9. The molecule has 1 rings (SSSR count). The Bertz CT molecular complexity index is 354. The molecule has 0 aliphatic carbocycles. The van der Waals surface area contributed by atoms with Crippen LogP contribution in [0, 0.1) is 10.1 Å². The second-order valence-corrected chi connectivity index (χ2v) is 3.04. The molecule has 0 bridgehead atoms. The van der Waals surface area contributed by atoms with Gasteiger partial charge in [0.25, 0.3) is 5.69 Å². The van der Waals surface area contributed by atoms with E-state index in [4.69, 9.17) is 0 Å².